The summed E-state index contributed by atoms with van der Waals surface area (Å²) in [5, 5.41) is 26.7. The Hall–Kier alpha value is -2.80. The third kappa shape index (κ3) is 10.2. The van der Waals surface area contributed by atoms with Gasteiger partial charge in [0.2, 0.25) is 5.91 Å². The van der Waals surface area contributed by atoms with E-state index in [1.165, 1.54) is 6.92 Å². The number of fused-ring (bicyclic) bond motifs is 2. The van der Waals surface area contributed by atoms with Crippen molar-refractivity contribution < 1.29 is 67.2 Å². The van der Waals surface area contributed by atoms with Crippen LogP contribution in [0, 0.1) is 23.7 Å². The molecular weight excluding hydrogens is 827 g/mol. The van der Waals surface area contributed by atoms with Crippen molar-refractivity contribution in [2.75, 3.05) is 20.8 Å². The minimum Gasteiger partial charge on any atom is -0.462 e. The average Bonchev–Trinajstić information content (AvgIpc) is 3.58. The minimum atomic E-state index is -1.84. The Morgan fingerprint density at radius 1 is 0.906 bits per heavy atom. The summed E-state index contributed by atoms with van der Waals surface area (Å²) < 4.78 is 64.2. The second-order valence-corrected chi connectivity index (χ2v) is 19.5. The predicted octanol–water partition coefficient (Wildman–Crippen LogP) is 5.13. The van der Waals surface area contributed by atoms with Crippen LogP contribution in [0.4, 0.5) is 0 Å². The third-order valence-electron chi connectivity index (χ3n) is 14.4. The van der Waals surface area contributed by atoms with E-state index in [0.29, 0.717) is 36.8 Å². The van der Waals surface area contributed by atoms with Gasteiger partial charge in [-0.05, 0) is 62.8 Å². The molecule has 7 rings (SSSR count). The number of rotatable bonds is 8. The van der Waals surface area contributed by atoms with Crippen LogP contribution in [0.5, 0.6) is 0 Å². The van der Waals surface area contributed by atoms with Crippen LogP contribution in [0.2, 0.25) is 0 Å². The number of carbonyl (C=O) groups is 2. The van der Waals surface area contributed by atoms with E-state index in [-0.39, 0.29) is 61.0 Å². The molecular formula is C49H73NO14. The lowest BCUT2D eigenvalue weighted by Crippen LogP contribution is -2.58. The highest BCUT2D eigenvalue weighted by atomic mass is 16.7. The minimum absolute atomic E-state index is 0.0266. The molecule has 0 aromatic heterocycles. The zero-order chi connectivity index (χ0) is 46.2. The molecule has 0 aromatic carbocycles. The molecule has 15 nitrogen and oxygen atoms in total. The topological polar surface area (TPSA) is 179 Å². The molecule has 15 heteroatoms. The van der Waals surface area contributed by atoms with Gasteiger partial charge in [0, 0.05) is 58.7 Å². The molecule has 1 aliphatic carbocycles. The van der Waals surface area contributed by atoms with Crippen LogP contribution >= 0.6 is 0 Å². The number of allylic oxidation sites excluding steroid dienone is 2. The van der Waals surface area contributed by atoms with Gasteiger partial charge in [-0.25, -0.2) is 0 Å². The van der Waals surface area contributed by atoms with Crippen LogP contribution in [-0.2, 0) is 57.0 Å². The van der Waals surface area contributed by atoms with Gasteiger partial charge in [-0.3, -0.25) is 9.59 Å². The normalized spacial score (nSPS) is 47.4. The van der Waals surface area contributed by atoms with Crippen LogP contribution in [0.25, 0.3) is 0 Å². The van der Waals surface area contributed by atoms with Crippen molar-refractivity contribution >= 4 is 11.9 Å². The first-order chi connectivity index (χ1) is 30.4. The number of esters is 1. The van der Waals surface area contributed by atoms with Crippen molar-refractivity contribution in [2.24, 2.45) is 23.7 Å². The lowest BCUT2D eigenvalue weighted by atomic mass is 9.71. The van der Waals surface area contributed by atoms with Crippen molar-refractivity contribution in [1.29, 1.82) is 0 Å². The molecule has 0 saturated carbocycles. The summed E-state index contributed by atoms with van der Waals surface area (Å²) in [7, 11) is 3.27. The Labute approximate surface area is 378 Å². The fraction of sp³-hybridized carbons (Fsp3) is 0.755. The highest BCUT2D eigenvalue weighted by molar-refractivity contribution is 5.78. The SMILES string of the molecule is CO[C@H]1C[C@H](O[C@H]2[C@H](C)O[C@@H](O[C@@H]3/C(C)=C/C[C@@H]4C[C@@H](C[C@]5(C=C[C@H](C)C(C(C)C)O5)O4)OC(=O)[C@@H]4C=C(C)[C@@H](O)[C@H]5OC/C(=C\C=C\[C@@H]3C)[C@]54O)C[C@@H]2OC)O[C@@H](C)[C@H]1NC(C)=O. The molecule has 1 spiro atoms. The quantitative estimate of drug-likeness (QED) is 0.216. The molecule has 1 amide bonds. The highest BCUT2D eigenvalue weighted by Gasteiger charge is 2.60. The van der Waals surface area contributed by atoms with Gasteiger partial charge in [0.15, 0.2) is 18.4 Å². The van der Waals surface area contributed by atoms with E-state index in [1.807, 2.05) is 39.0 Å². The standard InChI is InChI=1S/C49H73NO14/c1-25(2)43-28(5)17-18-48(64-43)23-35-20-34(63-48)16-15-27(4)44(26(3)13-12-14-33-24-57-46-42(52)29(6)19-36(47(53)60-35)49(33,46)54)61-40-22-38(56-11)45(31(8)59-40)62-39-21-37(55-10)41(30(7)58-39)50-32(9)51/h12-15,17-19,25-26,28,30-31,34-46,52,54H,16,20-24H2,1-11H3,(H,50,51)/b13-12+,27-15+,33-14+/t26-,28-,30-,31-,34+,35-,36-,37-,38-,39-,40-,41+,42+,43?,44-,45-,46+,48+,49+/m0/s1. The van der Waals surface area contributed by atoms with Crippen molar-refractivity contribution in [3.05, 3.63) is 59.3 Å². The number of amides is 1. The second kappa shape index (κ2) is 20.2. The van der Waals surface area contributed by atoms with Gasteiger partial charge >= 0.3 is 5.97 Å². The maximum Gasteiger partial charge on any atom is 0.316 e. The molecule has 3 N–H and O–H groups in total. The van der Waals surface area contributed by atoms with Gasteiger partial charge in [-0.1, -0.05) is 64.2 Å². The Bertz CT molecular complexity index is 1830. The van der Waals surface area contributed by atoms with E-state index >= 15 is 0 Å². The number of ether oxygens (including phenoxy) is 10. The Kier molecular flexibility index (Phi) is 15.5. The zero-order valence-electron chi connectivity index (χ0n) is 39.5. The number of aliphatic hydroxyl groups is 2. The fourth-order valence-corrected chi connectivity index (χ4v) is 10.9. The second-order valence-electron chi connectivity index (χ2n) is 19.5. The molecule has 6 aliphatic heterocycles. The van der Waals surface area contributed by atoms with Gasteiger partial charge in [-0.2, -0.15) is 0 Å². The molecule has 0 radical (unpaired) electrons. The lowest BCUT2D eigenvalue weighted by Gasteiger charge is -2.48. The van der Waals surface area contributed by atoms with E-state index in [9.17, 15) is 19.8 Å². The van der Waals surface area contributed by atoms with Crippen molar-refractivity contribution in [3.8, 4) is 0 Å². The Balaban J connectivity index is 1.16. The molecule has 6 heterocycles. The largest absolute Gasteiger partial charge is 0.462 e. The van der Waals surface area contributed by atoms with Crippen molar-refractivity contribution in [2.45, 2.75) is 192 Å². The summed E-state index contributed by atoms with van der Waals surface area (Å²) >= 11 is 0. The van der Waals surface area contributed by atoms with E-state index in [0.717, 1.165) is 5.57 Å². The van der Waals surface area contributed by atoms with Crippen LogP contribution in [-0.4, -0.2) is 140 Å². The van der Waals surface area contributed by atoms with E-state index in [1.54, 1.807) is 33.3 Å². The fourth-order valence-electron chi connectivity index (χ4n) is 10.9. The number of aliphatic hydroxyl groups excluding tert-OH is 1. The van der Waals surface area contributed by atoms with E-state index < -0.39 is 84.7 Å². The van der Waals surface area contributed by atoms with Crippen molar-refractivity contribution in [1.82, 2.24) is 5.32 Å². The monoisotopic (exact) mass is 900 g/mol. The maximum atomic E-state index is 14.3. The predicted molar refractivity (Wildman–Crippen MR) is 234 cm³/mol. The first-order valence-electron chi connectivity index (χ1n) is 23.3. The average molecular weight is 900 g/mol. The molecule has 64 heavy (non-hydrogen) atoms. The van der Waals surface area contributed by atoms with Crippen LogP contribution in [0.15, 0.2) is 59.3 Å². The summed E-state index contributed by atoms with van der Waals surface area (Å²) in [6.45, 7) is 17.5. The van der Waals surface area contributed by atoms with Gasteiger partial charge < -0.3 is 62.9 Å². The summed E-state index contributed by atoms with van der Waals surface area (Å²) in [6.07, 6.45) is 8.46. The van der Waals surface area contributed by atoms with Gasteiger partial charge in [0.25, 0.3) is 0 Å². The summed E-state index contributed by atoms with van der Waals surface area (Å²) in [5.41, 5.74) is 0.112. The highest BCUT2D eigenvalue weighted by Crippen LogP contribution is 2.47. The van der Waals surface area contributed by atoms with Crippen LogP contribution in [0.1, 0.15) is 94.4 Å². The Morgan fingerprint density at radius 3 is 2.31 bits per heavy atom. The summed E-state index contributed by atoms with van der Waals surface area (Å²) in [4.78, 5) is 26.2. The number of hydrogen-bond donors (Lipinski definition) is 3. The Morgan fingerprint density at radius 2 is 1.61 bits per heavy atom. The number of methoxy groups -OCH3 is 2. The van der Waals surface area contributed by atoms with E-state index in [4.69, 9.17) is 47.4 Å². The first-order valence-corrected chi connectivity index (χ1v) is 23.3. The molecule has 0 aromatic rings. The third-order valence-corrected chi connectivity index (χ3v) is 14.4. The van der Waals surface area contributed by atoms with Crippen molar-refractivity contribution in [3.63, 3.8) is 0 Å². The molecule has 4 fully saturated rings. The molecule has 4 saturated heterocycles. The number of nitrogens with one attached hydrogen (secondary N) is 1. The van der Waals surface area contributed by atoms with Gasteiger partial charge in [-0.15, -0.1) is 0 Å². The van der Waals surface area contributed by atoms with Gasteiger partial charge in [0.1, 0.15) is 35.9 Å². The molecule has 358 valence electrons. The smallest absolute Gasteiger partial charge is 0.316 e. The van der Waals surface area contributed by atoms with Crippen LogP contribution in [0.3, 0.4) is 0 Å². The molecule has 2 bridgehead atoms. The van der Waals surface area contributed by atoms with Gasteiger partial charge in [0.05, 0.1) is 55.4 Å². The lowest BCUT2D eigenvalue weighted by molar-refractivity contribution is -0.311. The zero-order valence-corrected chi connectivity index (χ0v) is 39.5. The number of hydrogen-bond acceptors (Lipinski definition) is 14. The van der Waals surface area contributed by atoms with E-state index in [2.05, 4.69) is 45.2 Å². The molecule has 1 unspecified atom stereocenters. The summed E-state index contributed by atoms with van der Waals surface area (Å²) in [5.74, 6) is -2.81. The first kappa shape index (κ1) is 49.1. The number of carbonyl (C=O) groups excluding carboxylic acids is 2. The maximum absolute atomic E-state index is 14.3. The van der Waals surface area contributed by atoms with Crippen LogP contribution < -0.4 is 5.32 Å². The summed E-state index contributed by atoms with van der Waals surface area (Å²) in [6, 6.07) is -0.314. The molecule has 7 aliphatic rings. The molecule has 19 atom stereocenters.